The normalized spacial score (nSPS) is 15.3. The molecule has 1 saturated heterocycles. The summed E-state index contributed by atoms with van der Waals surface area (Å²) in [6, 6.07) is 22.6. The number of halogens is 1. The summed E-state index contributed by atoms with van der Waals surface area (Å²) in [6.45, 7) is 3.82. The molecule has 3 aromatic carbocycles. The van der Waals surface area contributed by atoms with Crippen LogP contribution in [0.25, 0.3) is 0 Å². The van der Waals surface area contributed by atoms with Crippen LogP contribution in [-0.4, -0.2) is 50.4 Å². The second kappa shape index (κ2) is 11.6. The summed E-state index contributed by atoms with van der Waals surface area (Å²) >= 11 is 6.37. The van der Waals surface area contributed by atoms with E-state index in [1.54, 1.807) is 21.3 Å². The first-order chi connectivity index (χ1) is 16.6. The molecular formula is C28H33ClN2O3. The second-order valence-electron chi connectivity index (χ2n) is 8.63. The SMILES string of the molecule is COc1ccc(CN2CCCN(Cc3ccc(OC)cc3)C2Cc2cc(Cl)ccc2OC)cc1. The van der Waals surface area contributed by atoms with Crippen molar-refractivity contribution in [1.29, 1.82) is 0 Å². The summed E-state index contributed by atoms with van der Waals surface area (Å²) in [5, 5.41) is 0.731. The average molecular weight is 481 g/mol. The van der Waals surface area contributed by atoms with Crippen molar-refractivity contribution >= 4 is 11.6 Å². The van der Waals surface area contributed by atoms with E-state index in [1.165, 1.54) is 11.1 Å². The van der Waals surface area contributed by atoms with Crippen molar-refractivity contribution in [3.63, 3.8) is 0 Å². The molecule has 5 nitrogen and oxygen atoms in total. The van der Waals surface area contributed by atoms with Crippen LogP contribution in [0.3, 0.4) is 0 Å². The molecule has 0 aliphatic carbocycles. The van der Waals surface area contributed by atoms with Crippen molar-refractivity contribution < 1.29 is 14.2 Å². The van der Waals surface area contributed by atoms with E-state index in [-0.39, 0.29) is 6.17 Å². The molecule has 180 valence electrons. The predicted octanol–water partition coefficient (Wildman–Crippen LogP) is 5.64. The van der Waals surface area contributed by atoms with Crippen LogP contribution in [0.15, 0.2) is 66.7 Å². The highest BCUT2D eigenvalue weighted by Gasteiger charge is 2.30. The zero-order valence-electron chi connectivity index (χ0n) is 20.2. The highest BCUT2D eigenvalue weighted by molar-refractivity contribution is 6.30. The van der Waals surface area contributed by atoms with E-state index in [0.717, 1.165) is 66.9 Å². The van der Waals surface area contributed by atoms with Gasteiger partial charge in [0, 0.05) is 37.6 Å². The van der Waals surface area contributed by atoms with Gasteiger partial charge in [-0.05, 0) is 65.6 Å². The molecule has 1 aliphatic heterocycles. The van der Waals surface area contributed by atoms with E-state index in [2.05, 4.69) is 34.1 Å². The maximum absolute atomic E-state index is 6.37. The number of hydrogen-bond acceptors (Lipinski definition) is 5. The summed E-state index contributed by atoms with van der Waals surface area (Å²) in [7, 11) is 5.12. The largest absolute Gasteiger partial charge is 0.497 e. The lowest BCUT2D eigenvalue weighted by Gasteiger charge is -2.44. The number of nitrogens with zero attached hydrogens (tertiary/aromatic N) is 2. The summed E-state index contributed by atoms with van der Waals surface area (Å²) < 4.78 is 16.4. The highest BCUT2D eigenvalue weighted by Crippen LogP contribution is 2.29. The number of hydrogen-bond donors (Lipinski definition) is 0. The molecular weight excluding hydrogens is 448 g/mol. The van der Waals surface area contributed by atoms with Gasteiger partial charge in [0.25, 0.3) is 0 Å². The third-order valence-electron chi connectivity index (χ3n) is 6.47. The monoisotopic (exact) mass is 480 g/mol. The van der Waals surface area contributed by atoms with Crippen molar-refractivity contribution in [3.8, 4) is 17.2 Å². The van der Waals surface area contributed by atoms with E-state index in [9.17, 15) is 0 Å². The van der Waals surface area contributed by atoms with Gasteiger partial charge in [0.2, 0.25) is 0 Å². The van der Waals surface area contributed by atoms with Crippen molar-refractivity contribution in [2.24, 2.45) is 0 Å². The van der Waals surface area contributed by atoms with E-state index in [4.69, 9.17) is 25.8 Å². The van der Waals surface area contributed by atoms with E-state index >= 15 is 0 Å². The molecule has 0 spiro atoms. The Morgan fingerprint density at radius 3 is 1.74 bits per heavy atom. The van der Waals surface area contributed by atoms with Crippen LogP contribution < -0.4 is 14.2 Å². The predicted molar refractivity (Wildman–Crippen MR) is 137 cm³/mol. The zero-order chi connectivity index (χ0) is 23.9. The smallest absolute Gasteiger partial charge is 0.122 e. The van der Waals surface area contributed by atoms with E-state index in [1.807, 2.05) is 42.5 Å². The van der Waals surface area contributed by atoms with Gasteiger partial charge in [-0.1, -0.05) is 35.9 Å². The number of methoxy groups -OCH3 is 3. The molecule has 0 unspecified atom stereocenters. The number of rotatable bonds is 9. The summed E-state index contributed by atoms with van der Waals surface area (Å²) in [6.07, 6.45) is 2.16. The molecule has 0 N–H and O–H groups in total. The third-order valence-corrected chi connectivity index (χ3v) is 6.70. The fraction of sp³-hybridized carbons (Fsp3) is 0.357. The molecule has 0 aromatic heterocycles. The maximum atomic E-state index is 6.37. The maximum Gasteiger partial charge on any atom is 0.122 e. The highest BCUT2D eigenvalue weighted by atomic mass is 35.5. The molecule has 0 saturated carbocycles. The molecule has 1 fully saturated rings. The fourth-order valence-corrected chi connectivity index (χ4v) is 4.86. The van der Waals surface area contributed by atoms with Crippen LogP contribution in [0.1, 0.15) is 23.1 Å². The Labute approximate surface area is 207 Å². The molecule has 3 aromatic rings. The number of benzene rings is 3. The van der Waals surface area contributed by atoms with Gasteiger partial charge in [-0.2, -0.15) is 0 Å². The van der Waals surface area contributed by atoms with Crippen LogP contribution in [-0.2, 0) is 19.5 Å². The van der Waals surface area contributed by atoms with Gasteiger partial charge in [-0.15, -0.1) is 0 Å². The average Bonchev–Trinajstić information content (AvgIpc) is 2.87. The zero-order valence-corrected chi connectivity index (χ0v) is 20.9. The molecule has 6 heteroatoms. The minimum absolute atomic E-state index is 0.213. The minimum Gasteiger partial charge on any atom is -0.497 e. The lowest BCUT2D eigenvalue weighted by molar-refractivity contribution is -0.00700. The quantitative estimate of drug-likeness (QED) is 0.395. The molecule has 0 amide bonds. The Bertz CT molecular complexity index is 999. The molecule has 1 aliphatic rings. The van der Waals surface area contributed by atoms with Crippen molar-refractivity contribution in [3.05, 3.63) is 88.4 Å². The lowest BCUT2D eigenvalue weighted by atomic mass is 10.0. The van der Waals surface area contributed by atoms with Gasteiger partial charge in [0.05, 0.1) is 27.5 Å². The first-order valence-corrected chi connectivity index (χ1v) is 12.0. The number of ether oxygens (including phenoxy) is 3. The topological polar surface area (TPSA) is 34.2 Å². The van der Waals surface area contributed by atoms with E-state index in [0.29, 0.717) is 0 Å². The van der Waals surface area contributed by atoms with Crippen LogP contribution in [0, 0.1) is 0 Å². The van der Waals surface area contributed by atoms with Gasteiger partial charge >= 0.3 is 0 Å². The second-order valence-corrected chi connectivity index (χ2v) is 9.07. The molecule has 34 heavy (non-hydrogen) atoms. The Morgan fingerprint density at radius 1 is 0.735 bits per heavy atom. The van der Waals surface area contributed by atoms with Crippen molar-refractivity contribution in [1.82, 2.24) is 9.80 Å². The van der Waals surface area contributed by atoms with Gasteiger partial charge < -0.3 is 14.2 Å². The summed E-state index contributed by atoms with van der Waals surface area (Å²) in [4.78, 5) is 5.13. The van der Waals surface area contributed by atoms with Gasteiger partial charge in [-0.25, -0.2) is 0 Å². The van der Waals surface area contributed by atoms with Gasteiger partial charge in [-0.3, -0.25) is 9.80 Å². The Kier molecular flexibility index (Phi) is 8.33. The molecule has 1 heterocycles. The first-order valence-electron chi connectivity index (χ1n) is 11.7. The van der Waals surface area contributed by atoms with Crippen LogP contribution in [0.2, 0.25) is 5.02 Å². The molecule has 0 atom stereocenters. The lowest BCUT2D eigenvalue weighted by Crippen LogP contribution is -2.54. The molecule has 0 radical (unpaired) electrons. The molecule has 0 bridgehead atoms. The third kappa shape index (κ3) is 6.03. The van der Waals surface area contributed by atoms with Crippen molar-refractivity contribution in [2.45, 2.75) is 32.1 Å². The summed E-state index contributed by atoms with van der Waals surface area (Å²) in [5.41, 5.74) is 3.67. The summed E-state index contributed by atoms with van der Waals surface area (Å²) in [5.74, 6) is 2.64. The standard InChI is InChI=1S/C28H33ClN2O3/c1-32-25-10-5-21(6-11-25)19-30-15-4-16-31(20-22-7-12-26(33-2)13-8-22)28(30)18-23-17-24(29)9-14-27(23)34-3/h5-14,17,28H,4,15-16,18-20H2,1-3H3. The van der Waals surface area contributed by atoms with E-state index < -0.39 is 0 Å². The van der Waals surface area contributed by atoms with Gasteiger partial charge in [0.1, 0.15) is 17.2 Å². The first kappa shape index (κ1) is 24.4. The van der Waals surface area contributed by atoms with Crippen LogP contribution in [0.5, 0.6) is 17.2 Å². The van der Waals surface area contributed by atoms with Gasteiger partial charge in [0.15, 0.2) is 0 Å². The van der Waals surface area contributed by atoms with Crippen LogP contribution >= 0.6 is 11.6 Å². The minimum atomic E-state index is 0.213. The van der Waals surface area contributed by atoms with Crippen molar-refractivity contribution in [2.75, 3.05) is 34.4 Å². The fourth-order valence-electron chi connectivity index (χ4n) is 4.67. The Morgan fingerprint density at radius 2 is 1.26 bits per heavy atom. The Hall–Kier alpha value is -2.73. The Balaban J connectivity index is 1.61. The molecule has 4 rings (SSSR count). The van der Waals surface area contributed by atoms with Crippen LogP contribution in [0.4, 0.5) is 0 Å².